The average Bonchev–Trinajstić information content (AvgIpc) is 3.63. The molecule has 4 rings (SSSR count). The monoisotopic (exact) mass is 548 g/mol. The van der Waals surface area contributed by atoms with Crippen LogP contribution in [-0.4, -0.2) is 61.2 Å². The molecule has 1 aromatic heterocycles. The molecule has 1 atom stereocenters. The molecule has 1 heterocycles. The van der Waals surface area contributed by atoms with Gasteiger partial charge in [-0.3, -0.25) is 0 Å². The van der Waals surface area contributed by atoms with Gasteiger partial charge in [-0.15, -0.1) is 17.8 Å². The number of halogens is 2. The van der Waals surface area contributed by atoms with Crippen molar-refractivity contribution in [1.82, 2.24) is 4.98 Å². The van der Waals surface area contributed by atoms with E-state index in [1.54, 1.807) is 12.1 Å². The van der Waals surface area contributed by atoms with Gasteiger partial charge in [-0.2, -0.15) is 0 Å². The maximum absolute atomic E-state index is 14.8. The fourth-order valence-corrected chi connectivity index (χ4v) is 5.87. The molecule has 39 heavy (non-hydrogen) atoms. The minimum absolute atomic E-state index is 0.0216. The van der Waals surface area contributed by atoms with Crippen LogP contribution in [0.5, 0.6) is 5.75 Å². The Morgan fingerprint density at radius 2 is 1.92 bits per heavy atom. The van der Waals surface area contributed by atoms with Gasteiger partial charge in [0, 0.05) is 22.0 Å². The summed E-state index contributed by atoms with van der Waals surface area (Å²) in [6, 6.07) is 7.29. The lowest BCUT2D eigenvalue weighted by Crippen LogP contribution is -2.40. The summed E-state index contributed by atoms with van der Waals surface area (Å²) in [6.07, 6.45) is 7.50. The maximum atomic E-state index is 14.8. The molecule has 0 saturated heterocycles. The highest BCUT2D eigenvalue weighted by Gasteiger charge is 2.46. The van der Waals surface area contributed by atoms with Crippen LogP contribution in [0.15, 0.2) is 30.3 Å². The highest BCUT2D eigenvalue weighted by atomic mass is 35.5. The number of hydrogen-bond acceptors (Lipinski definition) is 5. The van der Waals surface area contributed by atoms with E-state index in [-0.39, 0.29) is 18.0 Å². The molecule has 3 aromatic rings. The second-order valence-electron chi connectivity index (χ2n) is 9.97. The van der Waals surface area contributed by atoms with Gasteiger partial charge in [-0.25, -0.2) is 9.37 Å². The van der Waals surface area contributed by atoms with Gasteiger partial charge in [0.25, 0.3) is 0 Å². The SMILES string of the molecule is [B]C([B])([B])Oc1cc(Cl)c(-c2nc(N(CC#C)C(c3ccc(CO)c(F)c3)C([B])([B])C3CC3)sc2C)cc1C. The van der Waals surface area contributed by atoms with Crippen LogP contribution >= 0.6 is 22.9 Å². The predicted molar refractivity (Wildman–Crippen MR) is 161 cm³/mol. The highest BCUT2D eigenvalue weighted by Crippen LogP contribution is 2.56. The first-order chi connectivity index (χ1) is 18.3. The van der Waals surface area contributed by atoms with Crippen molar-refractivity contribution in [2.24, 2.45) is 5.92 Å². The Kier molecular flexibility index (Phi) is 8.62. The molecule has 4 nitrogen and oxygen atoms in total. The normalized spacial score (nSPS) is 14.6. The number of aromatic nitrogens is 1. The summed E-state index contributed by atoms with van der Waals surface area (Å²) in [4.78, 5) is 7.60. The molecule has 0 aliphatic heterocycles. The fraction of sp³-hybridized carbons (Fsp3) is 0.370. The number of nitrogens with zero attached hydrogens (tertiary/aromatic N) is 2. The zero-order valence-corrected chi connectivity index (χ0v) is 23.3. The Balaban J connectivity index is 1.81. The highest BCUT2D eigenvalue weighted by molar-refractivity contribution is 7.16. The maximum Gasteiger partial charge on any atom is 0.187 e. The summed E-state index contributed by atoms with van der Waals surface area (Å²) in [7, 11) is 30.3. The molecule has 1 fully saturated rings. The van der Waals surface area contributed by atoms with E-state index in [0.717, 1.165) is 17.7 Å². The molecule has 188 valence electrons. The number of aryl methyl sites for hydroxylation is 2. The molecule has 10 radical (unpaired) electrons. The van der Waals surface area contributed by atoms with Crippen LogP contribution in [0.25, 0.3) is 11.3 Å². The minimum Gasteiger partial charge on any atom is -0.516 e. The number of anilines is 1. The molecule has 12 heteroatoms. The first-order valence-corrected chi connectivity index (χ1v) is 13.5. The Labute approximate surface area is 245 Å². The second kappa shape index (κ2) is 11.3. The first kappa shape index (κ1) is 29.7. The van der Waals surface area contributed by atoms with E-state index in [9.17, 15) is 9.50 Å². The third kappa shape index (κ3) is 6.40. The smallest absolute Gasteiger partial charge is 0.187 e. The second-order valence-corrected chi connectivity index (χ2v) is 11.6. The summed E-state index contributed by atoms with van der Waals surface area (Å²) < 4.78 is 20.2. The van der Waals surface area contributed by atoms with Crippen molar-refractivity contribution in [1.29, 1.82) is 0 Å². The van der Waals surface area contributed by atoms with Crippen LogP contribution in [0.4, 0.5) is 9.52 Å². The van der Waals surface area contributed by atoms with Crippen LogP contribution in [0.1, 0.15) is 40.5 Å². The zero-order valence-electron chi connectivity index (χ0n) is 21.7. The van der Waals surface area contributed by atoms with Gasteiger partial charge in [0.1, 0.15) is 35.1 Å². The molecule has 0 amide bonds. The predicted octanol–water partition coefficient (Wildman–Crippen LogP) is 4.25. The Morgan fingerprint density at radius 3 is 2.49 bits per heavy atom. The lowest BCUT2D eigenvalue weighted by atomic mass is 9.46. The van der Waals surface area contributed by atoms with E-state index in [0.29, 0.717) is 38.3 Å². The summed E-state index contributed by atoms with van der Waals surface area (Å²) in [6.45, 7) is 3.41. The van der Waals surface area contributed by atoms with Gasteiger partial charge in [0.15, 0.2) is 5.13 Å². The fourth-order valence-electron chi connectivity index (χ4n) is 4.68. The summed E-state index contributed by atoms with van der Waals surface area (Å²) in [5, 5.41) is 7.28. The van der Waals surface area contributed by atoms with Gasteiger partial charge < -0.3 is 14.7 Å². The minimum atomic E-state index is -1.86. The number of rotatable bonds is 10. The summed E-state index contributed by atoms with van der Waals surface area (Å²) in [5.74, 6) is 2.48. The molecule has 0 spiro atoms. The van der Waals surface area contributed by atoms with Crippen molar-refractivity contribution in [2.45, 2.75) is 49.9 Å². The number of terminal acetylenes is 1. The summed E-state index contributed by atoms with van der Waals surface area (Å²) >= 11 is 8.02. The summed E-state index contributed by atoms with van der Waals surface area (Å²) in [5.41, 5.74) is 2.69. The van der Waals surface area contributed by atoms with Crippen LogP contribution < -0.4 is 9.64 Å². The lowest BCUT2D eigenvalue weighted by Gasteiger charge is -2.43. The van der Waals surface area contributed by atoms with Crippen molar-refractivity contribution in [2.75, 3.05) is 11.4 Å². The van der Waals surface area contributed by atoms with Gasteiger partial charge in [0.2, 0.25) is 0 Å². The molecule has 1 saturated carbocycles. The molecule has 1 unspecified atom stereocenters. The number of aliphatic hydroxyl groups excluding tert-OH is 1. The third-order valence-corrected chi connectivity index (χ3v) is 8.05. The van der Waals surface area contributed by atoms with E-state index in [2.05, 4.69) is 5.92 Å². The van der Waals surface area contributed by atoms with E-state index in [1.165, 1.54) is 23.5 Å². The Bertz CT molecular complexity index is 1420. The molecule has 2 aromatic carbocycles. The van der Waals surface area contributed by atoms with E-state index < -0.39 is 29.0 Å². The van der Waals surface area contributed by atoms with Gasteiger partial charge in [-0.05, 0) is 54.4 Å². The molecular weight excluding hydrogens is 525 g/mol. The zero-order chi connectivity index (χ0) is 28.7. The van der Waals surface area contributed by atoms with E-state index in [1.807, 2.05) is 24.8 Å². The van der Waals surface area contributed by atoms with Gasteiger partial charge >= 0.3 is 0 Å². The lowest BCUT2D eigenvalue weighted by molar-refractivity contribution is 0.275. The van der Waals surface area contributed by atoms with Crippen molar-refractivity contribution in [3.63, 3.8) is 0 Å². The number of hydrogen-bond donors (Lipinski definition) is 1. The quantitative estimate of drug-likeness (QED) is 0.304. The van der Waals surface area contributed by atoms with Gasteiger partial charge in [0.05, 0.1) is 39.6 Å². The van der Waals surface area contributed by atoms with Crippen molar-refractivity contribution in [3.8, 4) is 29.4 Å². The standard InChI is InChI=1S/C27H23B5ClFN2O2S/c1-4-9-36(24(26(28,29)18-7-8-18)16-5-6-17(13-37)21(34)11-16)25-35-23(15(3)39-25)19-10-14(2)22(12-20(19)33)38-27(30,31)32/h1,5-6,10-12,18,24,37H,7-9,13H2,2-3H3. The van der Waals surface area contributed by atoms with Crippen LogP contribution in [-0.2, 0) is 6.61 Å². The third-order valence-electron chi connectivity index (χ3n) is 6.73. The molecule has 1 N–H and O–H groups in total. The van der Waals surface area contributed by atoms with E-state index in [4.69, 9.17) is 67.0 Å². The van der Waals surface area contributed by atoms with Crippen molar-refractivity contribution < 1.29 is 14.2 Å². The van der Waals surface area contributed by atoms with Gasteiger partial charge in [-0.1, -0.05) is 47.7 Å². The number of thiazole rings is 1. The number of aliphatic hydroxyl groups is 1. The van der Waals surface area contributed by atoms with Crippen molar-refractivity contribution >= 4 is 67.3 Å². The molecular formula is C27H23B5ClFN2O2S. The average molecular weight is 548 g/mol. The van der Waals surface area contributed by atoms with Crippen molar-refractivity contribution in [3.05, 3.63) is 62.7 Å². The molecule has 1 aliphatic rings. The number of benzene rings is 2. The Morgan fingerprint density at radius 1 is 1.23 bits per heavy atom. The number of ether oxygens (including phenoxy) is 1. The molecule has 1 aliphatic carbocycles. The molecule has 0 bridgehead atoms. The first-order valence-electron chi connectivity index (χ1n) is 12.3. The van der Waals surface area contributed by atoms with Crippen LogP contribution in [0.3, 0.4) is 0 Å². The largest absolute Gasteiger partial charge is 0.516 e. The topological polar surface area (TPSA) is 45.6 Å². The Hall–Kier alpha value is -2.27. The van der Waals surface area contributed by atoms with Crippen LogP contribution in [0.2, 0.25) is 10.2 Å². The van der Waals surface area contributed by atoms with Crippen LogP contribution in [0, 0.1) is 37.9 Å². The van der Waals surface area contributed by atoms with E-state index >= 15 is 0 Å².